The molecule has 0 bridgehead atoms. The molecule has 1 heterocycles. The van der Waals surface area contributed by atoms with Crippen LogP contribution in [0.15, 0.2) is 94.5 Å². The molecule has 0 fully saturated rings. The van der Waals surface area contributed by atoms with Crippen LogP contribution in [0.2, 0.25) is 0 Å². The van der Waals surface area contributed by atoms with E-state index in [1.807, 2.05) is 55.5 Å². The molecule has 0 aliphatic rings. The topological polar surface area (TPSA) is 132 Å². The van der Waals surface area contributed by atoms with Crippen molar-refractivity contribution < 1.29 is 19.1 Å². The predicted molar refractivity (Wildman–Crippen MR) is 184 cm³/mol. The van der Waals surface area contributed by atoms with E-state index < -0.39 is 0 Å². The second-order valence-electron chi connectivity index (χ2n) is 10.1. The molecule has 0 radical (unpaired) electrons. The van der Waals surface area contributed by atoms with Crippen LogP contribution < -0.4 is 25.5 Å². The molecule has 0 saturated carbocycles. The summed E-state index contributed by atoms with van der Waals surface area (Å²) in [6, 6.07) is 26.0. The van der Waals surface area contributed by atoms with E-state index in [1.54, 1.807) is 50.6 Å². The first kappa shape index (κ1) is 32.3. The van der Waals surface area contributed by atoms with Crippen LogP contribution in [0.1, 0.15) is 34.5 Å². The Bertz CT molecular complexity index is 1940. The molecule has 13 heteroatoms. The van der Waals surface area contributed by atoms with Crippen molar-refractivity contribution in [2.45, 2.75) is 19.5 Å². The molecule has 5 rings (SSSR count). The normalized spacial score (nSPS) is 11.7. The van der Waals surface area contributed by atoms with Crippen LogP contribution in [-0.2, 0) is 11.3 Å². The summed E-state index contributed by atoms with van der Waals surface area (Å²) in [6.07, 6.45) is 1.49. The Morgan fingerprint density at radius 3 is 2.59 bits per heavy atom. The molecule has 4 aromatic carbocycles. The fourth-order valence-electron chi connectivity index (χ4n) is 4.67. The van der Waals surface area contributed by atoms with Gasteiger partial charge < -0.3 is 14.8 Å². The molecule has 1 aromatic heterocycles. The average Bonchev–Trinajstić information content (AvgIpc) is 3.46. The first-order valence-corrected chi connectivity index (χ1v) is 15.3. The van der Waals surface area contributed by atoms with E-state index in [-0.39, 0.29) is 29.5 Å². The van der Waals surface area contributed by atoms with Crippen molar-refractivity contribution in [1.29, 1.82) is 0 Å². The molecule has 0 aliphatic carbocycles. The number of rotatable bonds is 10. The number of fused-ring (bicyclic) bond motifs is 1. The van der Waals surface area contributed by atoms with Crippen LogP contribution in [0.4, 0.5) is 0 Å². The number of halogens is 1. The maximum Gasteiger partial charge on any atom is 0.261 e. The largest absolute Gasteiger partial charge is 0.497 e. The lowest BCUT2D eigenvalue weighted by molar-refractivity contribution is -0.121. The number of aromatic nitrogens is 3. The lowest BCUT2D eigenvalue weighted by Gasteiger charge is -2.18. The lowest BCUT2D eigenvalue weighted by atomic mass is 10.00. The van der Waals surface area contributed by atoms with Crippen molar-refractivity contribution in [1.82, 2.24) is 31.1 Å². The SMILES string of the molecule is COc1ccc(OC)c(C=NNC(=O)Cn2nnc3cc(-c4cccc(C(C)NC(=S)NC(=O)c5ccccc5Br)c4)ccc32)c1. The third-order valence-corrected chi connectivity index (χ3v) is 7.96. The molecule has 1 atom stereocenters. The number of ether oxygens (including phenoxy) is 2. The van der Waals surface area contributed by atoms with Gasteiger partial charge in [-0.3, -0.25) is 14.9 Å². The number of thiocarbonyl (C=S) groups is 1. The first-order valence-electron chi connectivity index (χ1n) is 14.1. The quantitative estimate of drug-likeness (QED) is 0.100. The Morgan fingerprint density at radius 2 is 1.80 bits per heavy atom. The third kappa shape index (κ3) is 7.73. The Balaban J connectivity index is 1.22. The van der Waals surface area contributed by atoms with E-state index in [0.717, 1.165) is 16.7 Å². The summed E-state index contributed by atoms with van der Waals surface area (Å²) in [5, 5.41) is 18.6. The van der Waals surface area contributed by atoms with Gasteiger partial charge in [0.2, 0.25) is 0 Å². The fourth-order valence-corrected chi connectivity index (χ4v) is 5.41. The number of carbonyl (C=O) groups is 2. The van der Waals surface area contributed by atoms with E-state index in [2.05, 4.69) is 47.4 Å². The maximum absolute atomic E-state index is 12.6. The Kier molecular flexibility index (Phi) is 10.4. The van der Waals surface area contributed by atoms with Gasteiger partial charge in [-0.15, -0.1) is 5.10 Å². The number of nitrogens with zero attached hydrogens (tertiary/aromatic N) is 4. The number of hydrogen-bond acceptors (Lipinski definition) is 8. The summed E-state index contributed by atoms with van der Waals surface area (Å²) in [7, 11) is 3.12. The van der Waals surface area contributed by atoms with Crippen LogP contribution in [0, 0.1) is 0 Å². The van der Waals surface area contributed by atoms with Crippen LogP contribution in [0.3, 0.4) is 0 Å². The summed E-state index contributed by atoms with van der Waals surface area (Å²) in [5.41, 5.74) is 7.88. The van der Waals surface area contributed by atoms with Crippen LogP contribution >= 0.6 is 28.1 Å². The number of methoxy groups -OCH3 is 2. The Morgan fingerprint density at radius 1 is 1.00 bits per heavy atom. The minimum atomic E-state index is -0.367. The smallest absolute Gasteiger partial charge is 0.261 e. The third-order valence-electron chi connectivity index (χ3n) is 7.05. The van der Waals surface area contributed by atoms with Gasteiger partial charge in [0.05, 0.1) is 37.6 Å². The molecule has 5 aromatic rings. The molecule has 0 spiro atoms. The van der Waals surface area contributed by atoms with Gasteiger partial charge in [-0.05, 0) is 100 Å². The van der Waals surface area contributed by atoms with Crippen LogP contribution in [-0.4, -0.2) is 52.4 Å². The van der Waals surface area contributed by atoms with Gasteiger partial charge in [0.25, 0.3) is 11.8 Å². The van der Waals surface area contributed by atoms with Crippen molar-refractivity contribution >= 4 is 62.3 Å². The predicted octanol–water partition coefficient (Wildman–Crippen LogP) is 5.39. The highest BCUT2D eigenvalue weighted by Gasteiger charge is 2.15. The van der Waals surface area contributed by atoms with Crippen molar-refractivity contribution in [3.8, 4) is 22.6 Å². The van der Waals surface area contributed by atoms with Gasteiger partial charge in [0, 0.05) is 10.0 Å². The zero-order chi connectivity index (χ0) is 32.6. The number of nitrogens with one attached hydrogen (secondary N) is 3. The molecule has 0 aliphatic heterocycles. The lowest BCUT2D eigenvalue weighted by Crippen LogP contribution is -2.40. The molecule has 0 saturated heterocycles. The number of benzene rings is 4. The molecular formula is C33H30BrN7O4S. The van der Waals surface area contributed by atoms with E-state index in [1.165, 1.54) is 10.9 Å². The van der Waals surface area contributed by atoms with E-state index in [0.29, 0.717) is 38.1 Å². The second-order valence-corrected chi connectivity index (χ2v) is 11.4. The van der Waals surface area contributed by atoms with E-state index in [9.17, 15) is 9.59 Å². The minimum Gasteiger partial charge on any atom is -0.497 e. The highest BCUT2D eigenvalue weighted by atomic mass is 79.9. The second kappa shape index (κ2) is 14.8. The van der Waals surface area contributed by atoms with Gasteiger partial charge in [0.15, 0.2) is 5.11 Å². The summed E-state index contributed by atoms with van der Waals surface area (Å²) < 4.78 is 12.8. The average molecular weight is 701 g/mol. The number of hydrogen-bond donors (Lipinski definition) is 3. The molecule has 3 N–H and O–H groups in total. The van der Waals surface area contributed by atoms with Crippen molar-refractivity contribution in [2.75, 3.05) is 14.2 Å². The zero-order valence-electron chi connectivity index (χ0n) is 25.2. The van der Waals surface area contributed by atoms with Crippen molar-refractivity contribution in [3.05, 3.63) is 106 Å². The number of hydrazone groups is 1. The highest BCUT2D eigenvalue weighted by Crippen LogP contribution is 2.26. The number of carbonyl (C=O) groups excluding carboxylic acids is 2. The van der Waals surface area contributed by atoms with Crippen LogP contribution in [0.25, 0.3) is 22.2 Å². The molecule has 234 valence electrons. The number of amides is 2. The standard InChI is InChI=1S/C33H30BrN7O4S/c1-20(36-33(46)37-32(43)26-9-4-5-10-27(26)34)21-7-6-8-22(15-21)23-11-13-29-28(17-23)38-40-41(29)19-31(42)39-35-18-24-16-25(44-2)12-14-30(24)45-3/h4-18,20H,19H2,1-3H3,(H,39,42)(H2,36,37,43,46). The maximum atomic E-state index is 12.6. The highest BCUT2D eigenvalue weighted by molar-refractivity contribution is 9.10. The molecular weight excluding hydrogens is 670 g/mol. The molecule has 11 nitrogen and oxygen atoms in total. The van der Waals surface area contributed by atoms with Crippen molar-refractivity contribution in [2.24, 2.45) is 5.10 Å². The minimum absolute atomic E-state index is 0.0707. The van der Waals surface area contributed by atoms with Crippen LogP contribution in [0.5, 0.6) is 11.5 Å². The monoisotopic (exact) mass is 699 g/mol. The molecule has 1 unspecified atom stereocenters. The van der Waals surface area contributed by atoms with Gasteiger partial charge in [0.1, 0.15) is 23.6 Å². The Labute approximate surface area is 279 Å². The first-order chi connectivity index (χ1) is 22.2. The van der Waals surface area contributed by atoms with Gasteiger partial charge in [-0.1, -0.05) is 41.6 Å². The van der Waals surface area contributed by atoms with Gasteiger partial charge >= 0.3 is 0 Å². The summed E-state index contributed by atoms with van der Waals surface area (Å²) in [5.74, 6) is 0.569. The van der Waals surface area contributed by atoms with Crippen molar-refractivity contribution in [3.63, 3.8) is 0 Å². The molecule has 46 heavy (non-hydrogen) atoms. The van der Waals surface area contributed by atoms with E-state index >= 15 is 0 Å². The zero-order valence-corrected chi connectivity index (χ0v) is 27.6. The van der Waals surface area contributed by atoms with E-state index in [4.69, 9.17) is 21.7 Å². The Hall–Kier alpha value is -5.14. The summed E-state index contributed by atoms with van der Waals surface area (Å²) in [6.45, 7) is 1.89. The molecule has 2 amide bonds. The van der Waals surface area contributed by atoms with Gasteiger partial charge in [-0.25, -0.2) is 10.1 Å². The fraction of sp³-hybridized carbons (Fsp3) is 0.152. The summed E-state index contributed by atoms with van der Waals surface area (Å²) in [4.78, 5) is 25.2. The summed E-state index contributed by atoms with van der Waals surface area (Å²) >= 11 is 8.80. The van der Waals surface area contributed by atoms with Gasteiger partial charge in [-0.2, -0.15) is 5.10 Å².